The molecule has 0 bridgehead atoms. The van der Waals surface area contributed by atoms with Crippen molar-refractivity contribution in [2.45, 2.75) is 0 Å². The van der Waals surface area contributed by atoms with E-state index in [1.54, 1.807) is 4.90 Å². The third kappa shape index (κ3) is 6.10. The van der Waals surface area contributed by atoms with Gasteiger partial charge in [0.05, 0.1) is 0 Å². The molecule has 0 aliphatic rings. The largest absolute Gasteiger partial charge is 0.412 e. The lowest BCUT2D eigenvalue weighted by atomic mass is 11.0. The van der Waals surface area contributed by atoms with E-state index in [9.17, 15) is 0 Å². The van der Waals surface area contributed by atoms with Crippen LogP contribution in [0.1, 0.15) is 0 Å². The number of hydrogen-bond acceptors (Lipinski definition) is 3. The Morgan fingerprint density at radius 2 is 1.86 bits per heavy atom. The predicted molar refractivity (Wildman–Crippen MR) is 30.1 cm³/mol. The van der Waals surface area contributed by atoms with Gasteiger partial charge in [-0.3, -0.25) is 0 Å². The summed E-state index contributed by atoms with van der Waals surface area (Å²) in [6.45, 7) is 0. The summed E-state index contributed by atoms with van der Waals surface area (Å²) in [7, 11) is 1.32. The van der Waals surface area contributed by atoms with E-state index >= 15 is 0 Å². The Labute approximate surface area is 45.0 Å². The molecule has 0 aromatic carbocycles. The van der Waals surface area contributed by atoms with Crippen LogP contribution >= 0.6 is 0 Å². The van der Waals surface area contributed by atoms with Gasteiger partial charge in [0.1, 0.15) is 0 Å². The Hall–Kier alpha value is 0.0969. The van der Waals surface area contributed by atoms with Crippen molar-refractivity contribution in [1.29, 1.82) is 0 Å². The maximum Gasteiger partial charge on any atom is 0.330 e. The van der Waals surface area contributed by atoms with Crippen LogP contribution in [0.15, 0.2) is 0 Å². The average Bonchev–Trinajstić information content (AvgIpc) is 1.27. The van der Waals surface area contributed by atoms with E-state index in [1.807, 2.05) is 14.1 Å². The Morgan fingerprint density at radius 1 is 1.43 bits per heavy atom. The standard InChI is InChI=1S/C3H11NO2Si/c1-4(2)3-7(5)6/h5-7H,3H2,1-2H3. The van der Waals surface area contributed by atoms with E-state index in [2.05, 4.69) is 0 Å². The highest BCUT2D eigenvalue weighted by molar-refractivity contribution is 6.41. The second-order valence-corrected chi connectivity index (χ2v) is 3.07. The molecule has 0 spiro atoms. The highest BCUT2D eigenvalue weighted by Crippen LogP contribution is 1.72. The molecule has 0 heterocycles. The molecule has 0 radical (unpaired) electrons. The van der Waals surface area contributed by atoms with Crippen LogP contribution in [0.4, 0.5) is 0 Å². The van der Waals surface area contributed by atoms with Crippen LogP contribution in [0.25, 0.3) is 0 Å². The molecule has 0 saturated carbocycles. The molecule has 0 saturated heterocycles. The monoisotopic (exact) mass is 121 g/mol. The minimum atomic E-state index is -2.30. The van der Waals surface area contributed by atoms with E-state index < -0.39 is 9.28 Å². The van der Waals surface area contributed by atoms with Crippen LogP contribution < -0.4 is 0 Å². The van der Waals surface area contributed by atoms with E-state index in [-0.39, 0.29) is 0 Å². The van der Waals surface area contributed by atoms with Crippen molar-refractivity contribution in [2.75, 3.05) is 20.3 Å². The number of hydrogen-bond donors (Lipinski definition) is 2. The zero-order valence-electron chi connectivity index (χ0n) is 4.63. The highest BCUT2D eigenvalue weighted by atomic mass is 28.3. The molecule has 0 amide bonds. The van der Waals surface area contributed by atoms with Crippen molar-refractivity contribution < 1.29 is 9.59 Å². The first-order chi connectivity index (χ1) is 3.13. The van der Waals surface area contributed by atoms with Gasteiger partial charge < -0.3 is 14.5 Å². The first-order valence-corrected chi connectivity index (χ1v) is 3.98. The van der Waals surface area contributed by atoms with Crippen LogP contribution in [-0.2, 0) is 0 Å². The molecular formula is C3H11NO2Si. The molecule has 7 heavy (non-hydrogen) atoms. The van der Waals surface area contributed by atoms with E-state index in [1.165, 1.54) is 0 Å². The van der Waals surface area contributed by atoms with Crippen molar-refractivity contribution in [2.24, 2.45) is 0 Å². The molecule has 0 atom stereocenters. The molecule has 0 fully saturated rings. The number of rotatable bonds is 2. The smallest absolute Gasteiger partial charge is 0.330 e. The fourth-order valence-electron chi connectivity index (χ4n) is 0.327. The van der Waals surface area contributed by atoms with Crippen molar-refractivity contribution in [3.63, 3.8) is 0 Å². The van der Waals surface area contributed by atoms with Gasteiger partial charge in [-0.15, -0.1) is 0 Å². The maximum absolute atomic E-state index is 8.38. The fraction of sp³-hybridized carbons (Fsp3) is 1.00. The van der Waals surface area contributed by atoms with Crippen LogP contribution in [0.5, 0.6) is 0 Å². The second-order valence-electron chi connectivity index (χ2n) is 1.74. The van der Waals surface area contributed by atoms with E-state index in [4.69, 9.17) is 9.59 Å². The SMILES string of the molecule is CN(C)C[SiH](O)O. The normalized spacial score (nSPS) is 11.1. The van der Waals surface area contributed by atoms with Crippen molar-refractivity contribution in [1.82, 2.24) is 4.90 Å². The lowest BCUT2D eigenvalue weighted by Gasteiger charge is -2.07. The Kier molecular flexibility index (Phi) is 3.19. The summed E-state index contributed by atoms with van der Waals surface area (Å²) >= 11 is 0. The Balaban J connectivity index is 2.95. The molecule has 0 aliphatic carbocycles. The van der Waals surface area contributed by atoms with Gasteiger partial charge in [0.15, 0.2) is 0 Å². The van der Waals surface area contributed by atoms with Gasteiger partial charge >= 0.3 is 9.28 Å². The summed E-state index contributed by atoms with van der Waals surface area (Å²) in [5.74, 6) is 0. The van der Waals surface area contributed by atoms with Gasteiger partial charge in [0, 0.05) is 6.17 Å². The summed E-state index contributed by atoms with van der Waals surface area (Å²) in [5.41, 5.74) is 0. The third-order valence-electron chi connectivity index (χ3n) is 0.528. The first kappa shape index (κ1) is 7.10. The Bertz CT molecular complexity index is 42.2. The quantitative estimate of drug-likeness (QED) is 0.428. The zero-order chi connectivity index (χ0) is 5.86. The van der Waals surface area contributed by atoms with Crippen LogP contribution in [0.3, 0.4) is 0 Å². The average molecular weight is 121 g/mol. The lowest BCUT2D eigenvalue weighted by molar-refractivity contribution is 0.354. The van der Waals surface area contributed by atoms with Crippen molar-refractivity contribution >= 4 is 9.28 Å². The van der Waals surface area contributed by atoms with Crippen molar-refractivity contribution in [3.05, 3.63) is 0 Å². The summed E-state index contributed by atoms with van der Waals surface area (Å²) in [6.07, 6.45) is 0.444. The summed E-state index contributed by atoms with van der Waals surface area (Å²) in [5, 5.41) is 0. The van der Waals surface area contributed by atoms with Gasteiger partial charge in [-0.1, -0.05) is 0 Å². The molecule has 4 heteroatoms. The minimum absolute atomic E-state index is 0.444. The topological polar surface area (TPSA) is 43.7 Å². The molecule has 0 aliphatic heterocycles. The van der Waals surface area contributed by atoms with Gasteiger partial charge in [-0.05, 0) is 14.1 Å². The molecule has 0 aromatic rings. The maximum atomic E-state index is 8.38. The summed E-state index contributed by atoms with van der Waals surface area (Å²) in [6, 6.07) is 0. The summed E-state index contributed by atoms with van der Waals surface area (Å²) in [4.78, 5) is 18.5. The molecule has 0 unspecified atom stereocenters. The molecule has 44 valence electrons. The lowest BCUT2D eigenvalue weighted by Crippen LogP contribution is -2.29. The van der Waals surface area contributed by atoms with Crippen molar-refractivity contribution in [3.8, 4) is 0 Å². The molecule has 0 rings (SSSR count). The number of nitrogens with zero attached hydrogens (tertiary/aromatic N) is 1. The Morgan fingerprint density at radius 3 is 1.86 bits per heavy atom. The summed E-state index contributed by atoms with van der Waals surface area (Å²) < 4.78 is 0. The molecule has 2 N–H and O–H groups in total. The van der Waals surface area contributed by atoms with Gasteiger partial charge in [-0.2, -0.15) is 0 Å². The highest BCUT2D eigenvalue weighted by Gasteiger charge is 2.00. The fourth-order valence-corrected chi connectivity index (χ4v) is 0.980. The van der Waals surface area contributed by atoms with Gasteiger partial charge in [0.25, 0.3) is 0 Å². The molecule has 0 aromatic heterocycles. The third-order valence-corrected chi connectivity index (χ3v) is 1.59. The zero-order valence-corrected chi connectivity index (χ0v) is 5.78. The van der Waals surface area contributed by atoms with Gasteiger partial charge in [-0.25, -0.2) is 0 Å². The molecular weight excluding hydrogens is 110 g/mol. The minimum Gasteiger partial charge on any atom is -0.412 e. The van der Waals surface area contributed by atoms with Gasteiger partial charge in [0.2, 0.25) is 0 Å². The van der Waals surface area contributed by atoms with Crippen LogP contribution in [0, 0.1) is 0 Å². The van der Waals surface area contributed by atoms with E-state index in [0.29, 0.717) is 6.17 Å². The first-order valence-electron chi connectivity index (χ1n) is 2.14. The van der Waals surface area contributed by atoms with Crippen LogP contribution in [0.2, 0.25) is 0 Å². The predicted octanol–water partition coefficient (Wildman–Crippen LogP) is -1.71. The van der Waals surface area contributed by atoms with E-state index in [0.717, 1.165) is 0 Å². The molecule has 3 nitrogen and oxygen atoms in total. The van der Waals surface area contributed by atoms with Crippen LogP contribution in [-0.4, -0.2) is 44.0 Å². The second kappa shape index (κ2) is 3.14.